The lowest BCUT2D eigenvalue weighted by Gasteiger charge is -2.04. The third-order valence-corrected chi connectivity index (χ3v) is 2.33. The second kappa shape index (κ2) is 11.1. The highest BCUT2D eigenvalue weighted by Gasteiger charge is 2.05. The van der Waals surface area contributed by atoms with Crippen molar-refractivity contribution in [2.45, 2.75) is 13.1 Å². The van der Waals surface area contributed by atoms with E-state index in [9.17, 15) is 9.18 Å². The molecule has 0 aliphatic rings. The number of alkyl halides is 1. The third-order valence-electron chi connectivity index (χ3n) is 2.33. The van der Waals surface area contributed by atoms with Gasteiger partial charge in [-0.3, -0.25) is 9.78 Å². The maximum atomic E-state index is 12.0. The molecule has 1 aromatic rings. The van der Waals surface area contributed by atoms with Crippen LogP contribution in [0.4, 0.5) is 4.39 Å². The first-order valence-electron chi connectivity index (χ1n) is 6.60. The van der Waals surface area contributed by atoms with Crippen LogP contribution in [0.25, 0.3) is 0 Å². The number of nitrogens with two attached hydrogens (primary N) is 1. The number of nitrogens with one attached hydrogen (secondary N) is 1. The van der Waals surface area contributed by atoms with Crippen molar-refractivity contribution in [1.29, 1.82) is 0 Å². The molecule has 1 aromatic heterocycles. The number of amides is 1. The topological polar surface area (TPSA) is 77.2 Å². The summed E-state index contributed by atoms with van der Waals surface area (Å²) in [6, 6.07) is 3.28. The van der Waals surface area contributed by atoms with Crippen LogP contribution in [0.1, 0.15) is 17.4 Å². The van der Waals surface area contributed by atoms with E-state index in [-0.39, 0.29) is 11.6 Å². The number of rotatable bonds is 6. The molecule has 5 nitrogen and oxygen atoms in total. The molecule has 0 spiro atoms. The highest BCUT2D eigenvalue weighted by Crippen LogP contribution is 2.10. The van der Waals surface area contributed by atoms with Crippen LogP contribution in [0.2, 0.25) is 0 Å². The van der Waals surface area contributed by atoms with Crippen LogP contribution in [0.15, 0.2) is 55.4 Å². The van der Waals surface area contributed by atoms with E-state index in [1.807, 2.05) is 0 Å². The Hall–Kier alpha value is -2.63. The summed E-state index contributed by atoms with van der Waals surface area (Å²) in [5.74, 6) is 0.382. The summed E-state index contributed by atoms with van der Waals surface area (Å²) in [5, 5.41) is 2.49. The Morgan fingerprint density at radius 2 is 2.27 bits per heavy atom. The smallest absolute Gasteiger partial charge is 0.269 e. The zero-order valence-electron chi connectivity index (χ0n) is 12.9. The fourth-order valence-electron chi connectivity index (χ4n) is 1.18. The summed E-state index contributed by atoms with van der Waals surface area (Å²) >= 11 is 0. The Morgan fingerprint density at radius 3 is 2.73 bits per heavy atom. The molecule has 1 unspecified atom stereocenters. The summed E-state index contributed by atoms with van der Waals surface area (Å²) < 4.78 is 17.3. The number of carbonyl (C=O) groups excluding carboxylic acids is 1. The van der Waals surface area contributed by atoms with Gasteiger partial charge in [0.05, 0.1) is 0 Å². The Bertz CT molecular complexity index is 528. The average Bonchev–Trinajstić information content (AvgIpc) is 2.53. The number of allylic oxidation sites excluding steroid dienone is 3. The van der Waals surface area contributed by atoms with E-state index in [2.05, 4.69) is 23.5 Å². The molecule has 0 bridgehead atoms. The summed E-state index contributed by atoms with van der Waals surface area (Å²) in [7, 11) is 1.56. The molecular formula is C16H22FN3O2. The van der Waals surface area contributed by atoms with E-state index in [4.69, 9.17) is 10.5 Å². The van der Waals surface area contributed by atoms with Gasteiger partial charge < -0.3 is 15.8 Å². The van der Waals surface area contributed by atoms with Crippen molar-refractivity contribution >= 4 is 5.91 Å². The predicted octanol–water partition coefficient (Wildman–Crippen LogP) is 2.38. The highest BCUT2D eigenvalue weighted by atomic mass is 19.1. The Kier molecular flexibility index (Phi) is 9.75. The molecular weight excluding hydrogens is 285 g/mol. The molecule has 0 radical (unpaired) electrons. The van der Waals surface area contributed by atoms with Crippen molar-refractivity contribution in [3.63, 3.8) is 0 Å². The summed E-state index contributed by atoms with van der Waals surface area (Å²) in [6.45, 7) is 8.69. The van der Waals surface area contributed by atoms with Gasteiger partial charge >= 0.3 is 0 Å². The number of hydrogen-bond acceptors (Lipinski definition) is 4. The highest BCUT2D eigenvalue weighted by molar-refractivity contribution is 5.92. The van der Waals surface area contributed by atoms with Gasteiger partial charge in [0.1, 0.15) is 24.2 Å². The van der Waals surface area contributed by atoms with Crippen LogP contribution >= 0.6 is 0 Å². The van der Waals surface area contributed by atoms with E-state index in [0.717, 1.165) is 0 Å². The number of halogens is 1. The molecule has 1 heterocycles. The minimum Gasteiger partial charge on any atom is -0.489 e. The zero-order valence-corrected chi connectivity index (χ0v) is 12.9. The lowest BCUT2D eigenvalue weighted by Crippen LogP contribution is -2.19. The van der Waals surface area contributed by atoms with Crippen LogP contribution in [-0.2, 0) is 0 Å². The van der Waals surface area contributed by atoms with Crippen LogP contribution in [0.5, 0.6) is 5.75 Å². The fourth-order valence-corrected chi connectivity index (χ4v) is 1.18. The van der Waals surface area contributed by atoms with Gasteiger partial charge in [0.25, 0.3) is 5.91 Å². The van der Waals surface area contributed by atoms with Gasteiger partial charge in [-0.25, -0.2) is 4.39 Å². The van der Waals surface area contributed by atoms with E-state index in [0.29, 0.717) is 18.1 Å². The molecule has 1 atom stereocenters. The molecule has 1 rings (SSSR count). The van der Waals surface area contributed by atoms with Crippen LogP contribution < -0.4 is 15.8 Å². The molecule has 6 heteroatoms. The molecule has 0 aromatic carbocycles. The normalized spacial score (nSPS) is 11.5. The number of carbonyl (C=O) groups is 1. The van der Waals surface area contributed by atoms with Crippen LogP contribution in [0.3, 0.4) is 0 Å². The van der Waals surface area contributed by atoms with Crippen molar-refractivity contribution in [2.75, 3.05) is 13.7 Å². The molecule has 1 amide bonds. The Morgan fingerprint density at radius 1 is 1.59 bits per heavy atom. The van der Waals surface area contributed by atoms with Crippen molar-refractivity contribution in [3.8, 4) is 5.75 Å². The molecule has 0 saturated heterocycles. The van der Waals surface area contributed by atoms with E-state index in [1.165, 1.54) is 25.3 Å². The number of aromatic nitrogens is 1. The van der Waals surface area contributed by atoms with Gasteiger partial charge in [-0.1, -0.05) is 25.3 Å². The maximum Gasteiger partial charge on any atom is 0.269 e. The summed E-state index contributed by atoms with van der Waals surface area (Å²) in [4.78, 5) is 15.1. The molecule has 0 aliphatic carbocycles. The summed E-state index contributed by atoms with van der Waals surface area (Å²) in [6.07, 6.45) is 5.02. The van der Waals surface area contributed by atoms with Gasteiger partial charge in [-0.05, 0) is 19.1 Å². The molecule has 22 heavy (non-hydrogen) atoms. The number of nitrogens with zero attached hydrogens (tertiary/aromatic N) is 1. The standard InChI is InChI=1S/C10H12N2O2.C6H10FN/c1-3-6-14-8-4-5-12-9(7-8)10(13)11-2;1-3-4-6(8)5(2)7/h3-5,7H,1,6H2,2H3,(H,11,13);3-5H,1,8H2,2H3/b;6-4+. The Balaban J connectivity index is 0.000000472. The van der Waals surface area contributed by atoms with Gasteiger partial charge in [0, 0.05) is 25.0 Å². The monoisotopic (exact) mass is 307 g/mol. The van der Waals surface area contributed by atoms with E-state index < -0.39 is 6.17 Å². The molecule has 3 N–H and O–H groups in total. The quantitative estimate of drug-likeness (QED) is 0.625. The van der Waals surface area contributed by atoms with Gasteiger partial charge in [-0.15, -0.1) is 0 Å². The van der Waals surface area contributed by atoms with Crippen molar-refractivity contribution in [3.05, 3.63) is 61.1 Å². The fraction of sp³-hybridized carbons (Fsp3) is 0.250. The van der Waals surface area contributed by atoms with Crippen LogP contribution in [-0.4, -0.2) is 30.7 Å². The number of pyridine rings is 1. The van der Waals surface area contributed by atoms with E-state index >= 15 is 0 Å². The second-order valence-corrected chi connectivity index (χ2v) is 4.07. The number of ether oxygens (including phenoxy) is 1. The second-order valence-electron chi connectivity index (χ2n) is 4.07. The maximum absolute atomic E-state index is 12.0. The minimum atomic E-state index is -1.06. The minimum absolute atomic E-state index is 0.222. The van der Waals surface area contributed by atoms with E-state index in [1.54, 1.807) is 25.3 Å². The largest absolute Gasteiger partial charge is 0.489 e. The van der Waals surface area contributed by atoms with Crippen molar-refractivity contribution in [2.24, 2.45) is 5.73 Å². The van der Waals surface area contributed by atoms with Crippen LogP contribution in [0, 0.1) is 0 Å². The SMILES string of the molecule is C=C/C=C(/N)C(C)F.C=CCOc1ccnc(C(=O)NC)c1. The lowest BCUT2D eigenvalue weighted by atomic mass is 10.3. The van der Waals surface area contributed by atoms with Gasteiger partial charge in [0.15, 0.2) is 0 Å². The average molecular weight is 307 g/mol. The van der Waals surface area contributed by atoms with Crippen molar-refractivity contribution in [1.82, 2.24) is 10.3 Å². The predicted molar refractivity (Wildman–Crippen MR) is 86.4 cm³/mol. The molecule has 0 fully saturated rings. The van der Waals surface area contributed by atoms with Gasteiger partial charge in [0.2, 0.25) is 0 Å². The summed E-state index contributed by atoms with van der Waals surface area (Å²) in [5.41, 5.74) is 5.71. The number of hydrogen-bond donors (Lipinski definition) is 2. The zero-order chi connectivity index (χ0) is 17.0. The molecule has 120 valence electrons. The molecule has 0 saturated carbocycles. The Labute approximate surface area is 130 Å². The van der Waals surface area contributed by atoms with Crippen molar-refractivity contribution < 1.29 is 13.9 Å². The third kappa shape index (κ3) is 7.84. The first-order chi connectivity index (χ1) is 10.5. The first-order valence-corrected chi connectivity index (χ1v) is 6.60. The van der Waals surface area contributed by atoms with Gasteiger partial charge in [-0.2, -0.15) is 0 Å². The molecule has 0 aliphatic heterocycles. The first kappa shape index (κ1) is 19.4. The lowest BCUT2D eigenvalue weighted by molar-refractivity contribution is 0.0957.